The fraction of sp³-hybridized carbons (Fsp3) is 0.810. The van der Waals surface area contributed by atoms with Crippen LogP contribution in [0.5, 0.6) is 0 Å². The summed E-state index contributed by atoms with van der Waals surface area (Å²) in [5, 5.41) is 17.0. The van der Waals surface area contributed by atoms with Gasteiger partial charge in [0.2, 0.25) is 11.8 Å². The zero-order chi connectivity index (χ0) is 42.2. The number of hydrogen-bond donors (Lipinski definition) is 1. The molecule has 58 heavy (non-hydrogen) atoms. The predicted molar refractivity (Wildman–Crippen MR) is 210 cm³/mol. The maximum absolute atomic E-state index is 12.4. The van der Waals surface area contributed by atoms with Crippen molar-refractivity contribution in [3.63, 3.8) is 0 Å². The number of aromatic nitrogens is 4. The number of carbonyl (C=O) groups excluding carboxylic acids is 3. The van der Waals surface area contributed by atoms with Crippen molar-refractivity contribution in [1.29, 1.82) is 0 Å². The van der Waals surface area contributed by atoms with E-state index in [2.05, 4.69) is 20.3 Å². The smallest absolute Gasteiger partial charge is 0.332 e. The first-order chi connectivity index (χ1) is 27.8. The molecule has 2 heterocycles. The Kier molecular flexibility index (Phi) is 22.5. The molecule has 0 unspecified atom stereocenters. The average Bonchev–Trinajstić information content (AvgIpc) is 3.85. The SMILES string of the molecule is CCOC(=O)COCc1noc([C@H](CCCC2CCCCC2)CC(=O)O)n1.CCOC(=O)COCc1noc([C@H](CCCC2CCCCC2)CC(=O)OC(C)(C)C)n1. The summed E-state index contributed by atoms with van der Waals surface area (Å²) in [5.41, 5.74) is -0.537. The standard InChI is InChI=1S/C23H38N2O6.C19H30N2O6/c1-5-29-21(27)16-28-15-19-24-22(31-25-19)18(14-20(26)30-23(2,3)4)13-9-12-17-10-7-6-8-11-17;1-2-26-18(24)13-25-12-16-20-19(27-21-16)15(11-17(22)23)10-6-9-14-7-4-3-5-8-14/h17-18H,5-16H2,1-4H3;14-15H,2-13H2,1H3,(H,22,23)/t18-;15-/m11/s1. The third-order valence-electron chi connectivity index (χ3n) is 10.2. The number of esters is 3. The molecule has 2 aromatic heterocycles. The second-order valence-corrected chi connectivity index (χ2v) is 16.3. The van der Waals surface area contributed by atoms with E-state index in [-0.39, 0.29) is 57.1 Å². The van der Waals surface area contributed by atoms with E-state index in [9.17, 15) is 24.3 Å². The molecule has 2 saturated carbocycles. The van der Waals surface area contributed by atoms with Gasteiger partial charge < -0.3 is 37.8 Å². The monoisotopic (exact) mass is 820 g/mol. The van der Waals surface area contributed by atoms with E-state index < -0.39 is 23.5 Å². The van der Waals surface area contributed by atoms with Crippen LogP contribution >= 0.6 is 0 Å². The fourth-order valence-corrected chi connectivity index (χ4v) is 7.52. The molecule has 1 N–H and O–H groups in total. The number of rotatable bonds is 24. The normalized spacial score (nSPS) is 16.2. The minimum atomic E-state index is -0.879. The summed E-state index contributed by atoms with van der Waals surface area (Å²) in [4.78, 5) is 54.9. The van der Waals surface area contributed by atoms with Crippen molar-refractivity contribution in [3.8, 4) is 0 Å². The highest BCUT2D eigenvalue weighted by atomic mass is 16.6. The summed E-state index contributed by atoms with van der Waals surface area (Å²) in [6.45, 7) is 9.35. The molecule has 0 radical (unpaired) electrons. The molecule has 16 heteroatoms. The van der Waals surface area contributed by atoms with E-state index in [0.29, 0.717) is 43.1 Å². The zero-order valence-electron chi connectivity index (χ0n) is 35.5. The molecule has 2 aliphatic rings. The highest BCUT2D eigenvalue weighted by Gasteiger charge is 2.27. The van der Waals surface area contributed by atoms with Gasteiger partial charge in [-0.1, -0.05) is 100 Å². The van der Waals surface area contributed by atoms with Crippen LogP contribution in [0, 0.1) is 11.8 Å². The molecular weight excluding hydrogens is 752 g/mol. The first kappa shape index (κ1) is 48.4. The first-order valence-electron chi connectivity index (χ1n) is 21.4. The van der Waals surface area contributed by atoms with Crippen molar-refractivity contribution in [2.75, 3.05) is 26.4 Å². The molecule has 16 nitrogen and oxygen atoms in total. The second kappa shape index (κ2) is 27.0. The van der Waals surface area contributed by atoms with E-state index >= 15 is 0 Å². The number of aliphatic carboxylic acids is 1. The largest absolute Gasteiger partial charge is 0.481 e. The van der Waals surface area contributed by atoms with Crippen molar-refractivity contribution in [3.05, 3.63) is 23.4 Å². The third kappa shape index (κ3) is 20.7. The Morgan fingerprint density at radius 3 is 1.50 bits per heavy atom. The van der Waals surface area contributed by atoms with Gasteiger partial charge in [-0.15, -0.1) is 0 Å². The molecule has 2 aliphatic carbocycles. The van der Waals surface area contributed by atoms with Gasteiger partial charge in [0.1, 0.15) is 32.0 Å². The topological polar surface area (TPSA) is 212 Å². The molecule has 4 rings (SSSR count). The number of nitrogens with zero attached hydrogens (tertiary/aromatic N) is 4. The van der Waals surface area contributed by atoms with Crippen LogP contribution in [0.3, 0.4) is 0 Å². The summed E-state index contributed by atoms with van der Waals surface area (Å²) in [7, 11) is 0. The summed E-state index contributed by atoms with van der Waals surface area (Å²) in [6.07, 6.45) is 19.1. The van der Waals surface area contributed by atoms with Gasteiger partial charge in [0.25, 0.3) is 0 Å². The maximum atomic E-state index is 12.4. The molecule has 0 bridgehead atoms. The molecule has 2 fully saturated rings. The second-order valence-electron chi connectivity index (χ2n) is 16.3. The third-order valence-corrected chi connectivity index (χ3v) is 10.2. The number of hydrogen-bond acceptors (Lipinski definition) is 15. The van der Waals surface area contributed by atoms with Crippen molar-refractivity contribution in [1.82, 2.24) is 20.3 Å². The molecule has 0 saturated heterocycles. The summed E-state index contributed by atoms with van der Waals surface area (Å²) >= 11 is 0. The van der Waals surface area contributed by atoms with Gasteiger partial charge in [0.15, 0.2) is 11.6 Å². The lowest BCUT2D eigenvalue weighted by molar-refractivity contribution is -0.155. The first-order valence-corrected chi connectivity index (χ1v) is 21.4. The van der Waals surface area contributed by atoms with Crippen LogP contribution in [0.25, 0.3) is 0 Å². The highest BCUT2D eigenvalue weighted by molar-refractivity contribution is 5.71. The molecule has 0 amide bonds. The van der Waals surface area contributed by atoms with E-state index in [0.717, 1.165) is 43.9 Å². The van der Waals surface area contributed by atoms with E-state index in [1.54, 1.807) is 13.8 Å². The number of carbonyl (C=O) groups is 4. The van der Waals surface area contributed by atoms with E-state index in [4.69, 9.17) is 32.7 Å². The zero-order valence-corrected chi connectivity index (χ0v) is 35.5. The number of carboxylic acid groups (broad SMARTS) is 1. The Morgan fingerprint density at radius 1 is 0.672 bits per heavy atom. The van der Waals surface area contributed by atoms with Crippen LogP contribution in [-0.4, -0.2) is 81.3 Å². The number of ether oxygens (including phenoxy) is 5. The van der Waals surface area contributed by atoms with Crippen LogP contribution in [0.2, 0.25) is 0 Å². The van der Waals surface area contributed by atoms with E-state index in [1.165, 1.54) is 64.2 Å². The summed E-state index contributed by atoms with van der Waals surface area (Å²) in [6, 6.07) is 0. The molecule has 0 aliphatic heterocycles. The Bertz CT molecular complexity index is 1480. The quantitative estimate of drug-likeness (QED) is 0.0781. The van der Waals surface area contributed by atoms with Crippen LogP contribution in [0.15, 0.2) is 9.05 Å². The lowest BCUT2D eigenvalue weighted by atomic mass is 9.84. The lowest BCUT2D eigenvalue weighted by Gasteiger charge is -2.23. The highest BCUT2D eigenvalue weighted by Crippen LogP contribution is 2.33. The van der Waals surface area contributed by atoms with Gasteiger partial charge >= 0.3 is 23.9 Å². The van der Waals surface area contributed by atoms with Crippen molar-refractivity contribution >= 4 is 23.9 Å². The molecule has 2 atom stereocenters. The lowest BCUT2D eigenvalue weighted by Crippen LogP contribution is -2.25. The Balaban J connectivity index is 0.000000313. The number of carboxylic acids is 1. The van der Waals surface area contributed by atoms with Gasteiger partial charge in [-0.2, -0.15) is 9.97 Å². The molecular formula is C42H68N4O12. The van der Waals surface area contributed by atoms with Gasteiger partial charge in [-0.25, -0.2) is 9.59 Å². The molecule has 328 valence electrons. The van der Waals surface area contributed by atoms with Crippen molar-refractivity contribution < 1.29 is 57.0 Å². The Morgan fingerprint density at radius 2 is 1.10 bits per heavy atom. The van der Waals surface area contributed by atoms with Crippen molar-refractivity contribution in [2.45, 2.75) is 181 Å². The fourth-order valence-electron chi connectivity index (χ4n) is 7.52. The molecule has 0 spiro atoms. The van der Waals surface area contributed by atoms with Crippen LogP contribution in [-0.2, 0) is 56.1 Å². The maximum Gasteiger partial charge on any atom is 0.332 e. The minimum Gasteiger partial charge on any atom is -0.481 e. The van der Waals surface area contributed by atoms with Gasteiger partial charge in [-0.05, 0) is 59.3 Å². The Labute approximate surface area is 343 Å². The van der Waals surface area contributed by atoms with E-state index in [1.807, 2.05) is 20.8 Å². The van der Waals surface area contributed by atoms with Crippen LogP contribution in [0.4, 0.5) is 0 Å². The molecule has 2 aromatic rings. The van der Waals surface area contributed by atoms with Crippen LogP contribution in [0.1, 0.15) is 185 Å². The van der Waals surface area contributed by atoms with Gasteiger partial charge in [-0.3, -0.25) is 9.59 Å². The molecule has 0 aromatic carbocycles. The minimum absolute atomic E-state index is 0.0180. The Hall–Kier alpha value is -3.92. The summed E-state index contributed by atoms with van der Waals surface area (Å²) < 4.78 is 36.3. The van der Waals surface area contributed by atoms with Crippen molar-refractivity contribution in [2.24, 2.45) is 11.8 Å². The summed E-state index contributed by atoms with van der Waals surface area (Å²) in [5.74, 6) is 0.429. The average molecular weight is 821 g/mol. The van der Waals surface area contributed by atoms with Gasteiger partial charge in [0.05, 0.1) is 26.1 Å². The van der Waals surface area contributed by atoms with Crippen LogP contribution < -0.4 is 0 Å². The predicted octanol–water partition coefficient (Wildman–Crippen LogP) is 8.17. The van der Waals surface area contributed by atoms with Gasteiger partial charge in [0, 0.05) is 11.8 Å².